The van der Waals surface area contributed by atoms with E-state index in [0.717, 1.165) is 46.7 Å². The lowest BCUT2D eigenvalue weighted by molar-refractivity contribution is -0.122. The Bertz CT molecular complexity index is 1270. The van der Waals surface area contributed by atoms with E-state index in [1.165, 1.54) is 37.4 Å². The van der Waals surface area contributed by atoms with E-state index >= 15 is 0 Å². The van der Waals surface area contributed by atoms with Gasteiger partial charge in [-0.3, -0.25) is 9.69 Å². The van der Waals surface area contributed by atoms with Gasteiger partial charge < -0.3 is 4.74 Å². The van der Waals surface area contributed by atoms with Crippen LogP contribution in [0.1, 0.15) is 63.5 Å². The molecule has 5 nitrogen and oxygen atoms in total. The average Bonchev–Trinajstić information content (AvgIpc) is 3.44. The van der Waals surface area contributed by atoms with E-state index in [1.54, 1.807) is 4.90 Å². The zero-order valence-electron chi connectivity index (χ0n) is 21.9. The van der Waals surface area contributed by atoms with Gasteiger partial charge in [0.1, 0.15) is 15.8 Å². The van der Waals surface area contributed by atoms with Crippen molar-refractivity contribution >= 4 is 40.3 Å². The Balaban J connectivity index is 1.61. The molecule has 2 heterocycles. The molecular formula is C30H35N3O2S2. The fraction of sp³-hybridized carbons (Fsp3) is 0.367. The number of thiocarbonyl (C=S) groups is 1. The summed E-state index contributed by atoms with van der Waals surface area (Å²) in [4.78, 5) is 15.7. The summed E-state index contributed by atoms with van der Waals surface area (Å²) >= 11 is 6.97. The second-order valence-corrected chi connectivity index (χ2v) is 10.9. The second-order valence-electron chi connectivity index (χ2n) is 9.23. The van der Waals surface area contributed by atoms with E-state index in [1.807, 2.05) is 73.3 Å². The number of ether oxygens (including phenoxy) is 1. The van der Waals surface area contributed by atoms with Crippen LogP contribution in [-0.2, 0) is 4.79 Å². The first kappa shape index (κ1) is 27.1. The number of unbranched alkanes of at least 4 members (excludes halogenated alkanes) is 5. The highest BCUT2D eigenvalue weighted by atomic mass is 32.2. The minimum atomic E-state index is -0.00940. The molecule has 2 aromatic carbocycles. The Kier molecular flexibility index (Phi) is 9.58. The fourth-order valence-electron chi connectivity index (χ4n) is 4.43. The SMILES string of the molecule is CCCCCCCCN1C(=O)/C(=C/c2cn(-c3ccccc3)nc2-c2ccc(OCC)c(C)c2)SC1=S. The minimum Gasteiger partial charge on any atom is -0.494 e. The van der Waals surface area contributed by atoms with Crippen LogP contribution >= 0.6 is 24.0 Å². The molecule has 0 unspecified atom stereocenters. The molecule has 0 bridgehead atoms. The van der Waals surface area contributed by atoms with Gasteiger partial charge in [0, 0.05) is 23.9 Å². The van der Waals surface area contributed by atoms with Crippen LogP contribution in [0.3, 0.4) is 0 Å². The predicted octanol–water partition coefficient (Wildman–Crippen LogP) is 7.81. The van der Waals surface area contributed by atoms with E-state index in [4.69, 9.17) is 22.1 Å². The molecule has 0 spiro atoms. The van der Waals surface area contributed by atoms with Crippen LogP contribution in [0.15, 0.2) is 59.6 Å². The van der Waals surface area contributed by atoms with E-state index in [-0.39, 0.29) is 5.91 Å². The maximum atomic E-state index is 13.3. The lowest BCUT2D eigenvalue weighted by Crippen LogP contribution is -2.29. The van der Waals surface area contributed by atoms with Crippen LogP contribution in [0, 0.1) is 6.92 Å². The van der Waals surface area contributed by atoms with Crippen molar-refractivity contribution in [3.63, 3.8) is 0 Å². The molecule has 1 aliphatic rings. The Morgan fingerprint density at radius 2 is 1.78 bits per heavy atom. The standard InChI is InChI=1S/C30H35N3O2S2/c1-4-6-7-8-9-13-18-32-29(34)27(37-30(32)36)20-24-21-33(25-14-11-10-12-15-25)31-28(24)23-16-17-26(35-5-2)22(3)19-23/h10-12,14-17,19-21H,4-9,13,18H2,1-3H3/b27-20-. The predicted molar refractivity (Wildman–Crippen MR) is 158 cm³/mol. The van der Waals surface area contributed by atoms with Crippen LogP contribution in [0.2, 0.25) is 0 Å². The van der Waals surface area contributed by atoms with Gasteiger partial charge in [-0.2, -0.15) is 5.10 Å². The lowest BCUT2D eigenvalue weighted by Gasteiger charge is -2.14. The first-order valence-corrected chi connectivity index (χ1v) is 14.4. The number of para-hydroxylation sites is 1. The van der Waals surface area contributed by atoms with E-state index in [0.29, 0.717) is 22.4 Å². The van der Waals surface area contributed by atoms with E-state index < -0.39 is 0 Å². The van der Waals surface area contributed by atoms with Crippen LogP contribution in [0.4, 0.5) is 0 Å². The van der Waals surface area contributed by atoms with E-state index in [2.05, 4.69) is 13.0 Å². The maximum absolute atomic E-state index is 13.3. The fourth-order valence-corrected chi connectivity index (χ4v) is 5.73. The highest BCUT2D eigenvalue weighted by molar-refractivity contribution is 8.26. The molecule has 1 fully saturated rings. The van der Waals surface area contributed by atoms with Crippen molar-refractivity contribution in [2.45, 2.75) is 59.3 Å². The quantitative estimate of drug-likeness (QED) is 0.135. The van der Waals surface area contributed by atoms with Gasteiger partial charge in [-0.15, -0.1) is 0 Å². The summed E-state index contributed by atoms with van der Waals surface area (Å²) in [5, 5.41) is 4.92. The molecule has 194 valence electrons. The Morgan fingerprint density at radius 3 is 2.51 bits per heavy atom. The van der Waals surface area contributed by atoms with Gasteiger partial charge in [0.2, 0.25) is 0 Å². The Hall–Kier alpha value is -2.90. The number of aryl methyl sites for hydroxylation is 1. The maximum Gasteiger partial charge on any atom is 0.266 e. The third-order valence-corrected chi connectivity index (χ3v) is 7.78. The van der Waals surface area contributed by atoms with Gasteiger partial charge in [-0.25, -0.2) is 4.68 Å². The number of thioether (sulfide) groups is 1. The molecule has 1 aromatic heterocycles. The molecule has 4 rings (SSSR count). The van der Waals surface area contributed by atoms with Crippen molar-refractivity contribution in [2.75, 3.05) is 13.2 Å². The van der Waals surface area contributed by atoms with Crippen molar-refractivity contribution in [3.05, 3.63) is 70.8 Å². The second kappa shape index (κ2) is 13.1. The molecule has 0 radical (unpaired) electrons. The summed E-state index contributed by atoms with van der Waals surface area (Å²) in [5.41, 5.74) is 4.68. The number of hydrogen-bond acceptors (Lipinski definition) is 5. The third-order valence-electron chi connectivity index (χ3n) is 6.41. The number of benzene rings is 2. The number of carbonyl (C=O) groups excluding carboxylic acids is 1. The molecule has 0 atom stereocenters. The minimum absolute atomic E-state index is 0.00940. The molecule has 7 heteroatoms. The van der Waals surface area contributed by atoms with Crippen LogP contribution < -0.4 is 4.74 Å². The third kappa shape index (κ3) is 6.70. The molecule has 0 N–H and O–H groups in total. The largest absolute Gasteiger partial charge is 0.494 e. The summed E-state index contributed by atoms with van der Waals surface area (Å²) in [6.45, 7) is 7.54. The van der Waals surface area contributed by atoms with Gasteiger partial charge in [-0.05, 0) is 62.2 Å². The molecule has 0 saturated carbocycles. The smallest absolute Gasteiger partial charge is 0.266 e. The lowest BCUT2D eigenvalue weighted by atomic mass is 10.0. The molecule has 1 amide bonds. The summed E-state index contributed by atoms with van der Waals surface area (Å²) in [6, 6.07) is 16.1. The summed E-state index contributed by atoms with van der Waals surface area (Å²) < 4.78 is 8.23. The monoisotopic (exact) mass is 533 g/mol. The molecule has 0 aliphatic carbocycles. The van der Waals surface area contributed by atoms with Gasteiger partial charge in [0.25, 0.3) is 5.91 Å². The number of carbonyl (C=O) groups is 1. The first-order chi connectivity index (χ1) is 18.0. The molecule has 37 heavy (non-hydrogen) atoms. The van der Waals surface area contributed by atoms with Crippen LogP contribution in [-0.4, -0.2) is 38.1 Å². The van der Waals surface area contributed by atoms with Gasteiger partial charge in [0.15, 0.2) is 0 Å². The zero-order chi connectivity index (χ0) is 26.2. The van der Waals surface area contributed by atoms with Gasteiger partial charge >= 0.3 is 0 Å². The Morgan fingerprint density at radius 1 is 1.03 bits per heavy atom. The van der Waals surface area contributed by atoms with Crippen LogP contribution in [0.25, 0.3) is 23.0 Å². The molecule has 3 aromatic rings. The van der Waals surface area contributed by atoms with Gasteiger partial charge in [-0.1, -0.05) is 81.2 Å². The van der Waals surface area contributed by atoms with Crippen LogP contribution in [0.5, 0.6) is 5.75 Å². The highest BCUT2D eigenvalue weighted by Crippen LogP contribution is 2.36. The van der Waals surface area contributed by atoms with Gasteiger partial charge in [0.05, 0.1) is 17.2 Å². The Labute approximate surface area is 229 Å². The van der Waals surface area contributed by atoms with E-state index in [9.17, 15) is 4.79 Å². The molecule has 1 saturated heterocycles. The summed E-state index contributed by atoms with van der Waals surface area (Å²) in [6.07, 6.45) is 11.0. The zero-order valence-corrected chi connectivity index (χ0v) is 23.5. The topological polar surface area (TPSA) is 47.4 Å². The number of amides is 1. The summed E-state index contributed by atoms with van der Waals surface area (Å²) in [7, 11) is 0. The van der Waals surface area contributed by atoms with Crippen molar-refractivity contribution in [2.24, 2.45) is 0 Å². The highest BCUT2D eigenvalue weighted by Gasteiger charge is 2.32. The van der Waals surface area contributed by atoms with Crippen molar-refractivity contribution in [1.29, 1.82) is 0 Å². The van der Waals surface area contributed by atoms with Crippen molar-refractivity contribution in [3.8, 4) is 22.7 Å². The number of aromatic nitrogens is 2. The normalized spacial score (nSPS) is 14.7. The number of nitrogens with zero attached hydrogens (tertiary/aromatic N) is 3. The summed E-state index contributed by atoms with van der Waals surface area (Å²) in [5.74, 6) is 0.857. The van der Waals surface area contributed by atoms with Crippen molar-refractivity contribution in [1.82, 2.24) is 14.7 Å². The number of rotatable bonds is 12. The average molecular weight is 534 g/mol. The first-order valence-electron chi connectivity index (χ1n) is 13.2. The molecular weight excluding hydrogens is 498 g/mol. The van der Waals surface area contributed by atoms with Crippen molar-refractivity contribution < 1.29 is 9.53 Å². The number of hydrogen-bond donors (Lipinski definition) is 0. The molecule has 1 aliphatic heterocycles.